The third-order valence-corrected chi connectivity index (χ3v) is 3.58. The van der Waals surface area contributed by atoms with Crippen molar-refractivity contribution >= 4 is 33.5 Å². The molecule has 0 aliphatic rings. The lowest BCUT2D eigenvalue weighted by Gasteiger charge is -2.07. The molecule has 0 unspecified atom stereocenters. The highest BCUT2D eigenvalue weighted by Gasteiger charge is 2.19. The van der Waals surface area contributed by atoms with Crippen molar-refractivity contribution < 1.29 is 13.6 Å². The molecule has 1 aromatic rings. The second-order valence-electron chi connectivity index (χ2n) is 3.50. The number of rotatable bonds is 4. The fourth-order valence-electron chi connectivity index (χ4n) is 1.10. The van der Waals surface area contributed by atoms with Crippen LogP contribution in [0, 0.1) is 11.6 Å². The fourth-order valence-corrected chi connectivity index (χ4v) is 2.06. The molecule has 16 heavy (non-hydrogen) atoms. The molecule has 0 spiro atoms. The average molecular weight is 309 g/mol. The number of Topliss-reactive ketones (excluding diaryl/α,β-unsaturated/α-hetero) is 1. The Labute approximate surface area is 106 Å². The Balaban J connectivity index is 2.95. The molecule has 0 heterocycles. The maximum atomic E-state index is 13.5. The molecule has 0 saturated carbocycles. The van der Waals surface area contributed by atoms with Gasteiger partial charge in [-0.2, -0.15) is 11.8 Å². The molecule has 1 nitrogen and oxygen atoms in total. The summed E-state index contributed by atoms with van der Waals surface area (Å²) in [5.41, 5.74) is -0.456. The van der Waals surface area contributed by atoms with Crippen molar-refractivity contribution in [2.75, 3.05) is 5.75 Å². The quantitative estimate of drug-likeness (QED) is 0.616. The van der Waals surface area contributed by atoms with E-state index in [0.29, 0.717) is 0 Å². The van der Waals surface area contributed by atoms with Crippen molar-refractivity contribution in [3.05, 3.63) is 33.8 Å². The molecular formula is C11H11BrF2OS. The molecule has 0 radical (unpaired) electrons. The number of hydrogen-bond acceptors (Lipinski definition) is 2. The van der Waals surface area contributed by atoms with Gasteiger partial charge in [-0.15, -0.1) is 0 Å². The minimum Gasteiger partial charge on any atom is -0.293 e. The first-order valence-electron chi connectivity index (χ1n) is 4.71. The van der Waals surface area contributed by atoms with Gasteiger partial charge in [-0.25, -0.2) is 8.78 Å². The van der Waals surface area contributed by atoms with E-state index >= 15 is 0 Å². The Bertz CT molecular complexity index is 407. The van der Waals surface area contributed by atoms with Gasteiger partial charge in [0.25, 0.3) is 0 Å². The number of thioether (sulfide) groups is 1. The Hall–Kier alpha value is -0.420. The summed E-state index contributed by atoms with van der Waals surface area (Å²) < 4.78 is 26.9. The zero-order chi connectivity index (χ0) is 12.3. The highest BCUT2D eigenvalue weighted by molar-refractivity contribution is 9.10. The maximum Gasteiger partial charge on any atom is 0.178 e. The summed E-state index contributed by atoms with van der Waals surface area (Å²) in [4.78, 5) is 11.6. The monoisotopic (exact) mass is 308 g/mol. The number of benzene rings is 1. The van der Waals surface area contributed by atoms with Crippen LogP contribution in [0.25, 0.3) is 0 Å². The van der Waals surface area contributed by atoms with Gasteiger partial charge < -0.3 is 0 Å². The van der Waals surface area contributed by atoms with Gasteiger partial charge in [-0.1, -0.05) is 13.8 Å². The van der Waals surface area contributed by atoms with E-state index in [0.717, 1.165) is 6.07 Å². The predicted octanol–water partition coefficient (Wildman–Crippen LogP) is 4.05. The molecule has 0 atom stereocenters. The topological polar surface area (TPSA) is 17.1 Å². The minimum atomic E-state index is -0.825. The Morgan fingerprint density at radius 2 is 2.06 bits per heavy atom. The van der Waals surface area contributed by atoms with Gasteiger partial charge in [0.05, 0.1) is 15.8 Å². The first-order valence-corrected chi connectivity index (χ1v) is 6.56. The van der Waals surface area contributed by atoms with Crippen molar-refractivity contribution in [2.45, 2.75) is 19.1 Å². The lowest BCUT2D eigenvalue weighted by atomic mass is 10.1. The smallest absolute Gasteiger partial charge is 0.178 e. The molecule has 0 N–H and O–H groups in total. The summed E-state index contributed by atoms with van der Waals surface area (Å²) in [5.74, 6) is -2.07. The standard InChI is InChI=1S/C11H11BrF2OS/c1-6(2)16-5-9(15)10-8(13)4-3-7(12)11(10)14/h3-4,6H,5H2,1-2H3. The van der Waals surface area contributed by atoms with Crippen LogP contribution in [-0.4, -0.2) is 16.8 Å². The van der Waals surface area contributed by atoms with Crippen LogP contribution in [0.4, 0.5) is 8.78 Å². The minimum absolute atomic E-state index is 0.0853. The highest BCUT2D eigenvalue weighted by Crippen LogP contribution is 2.23. The van der Waals surface area contributed by atoms with Crippen LogP contribution in [0.1, 0.15) is 24.2 Å². The number of carbonyl (C=O) groups is 1. The number of hydrogen-bond donors (Lipinski definition) is 0. The molecule has 0 saturated heterocycles. The Morgan fingerprint density at radius 1 is 1.44 bits per heavy atom. The second-order valence-corrected chi connectivity index (χ2v) is 5.92. The predicted molar refractivity (Wildman–Crippen MR) is 66.0 cm³/mol. The molecule has 1 rings (SSSR count). The molecule has 0 bridgehead atoms. The fraction of sp³-hybridized carbons (Fsp3) is 0.364. The summed E-state index contributed by atoms with van der Waals surface area (Å²) in [6.45, 7) is 3.84. The third-order valence-electron chi connectivity index (χ3n) is 1.87. The second kappa shape index (κ2) is 5.77. The van der Waals surface area contributed by atoms with Crippen molar-refractivity contribution in [1.82, 2.24) is 0 Å². The van der Waals surface area contributed by atoms with Crippen LogP contribution in [0.5, 0.6) is 0 Å². The Kier molecular flexibility index (Phi) is 4.92. The van der Waals surface area contributed by atoms with Crippen LogP contribution < -0.4 is 0 Å². The van der Waals surface area contributed by atoms with Gasteiger partial charge >= 0.3 is 0 Å². The van der Waals surface area contributed by atoms with E-state index in [1.807, 2.05) is 13.8 Å². The van der Waals surface area contributed by atoms with E-state index in [1.165, 1.54) is 17.8 Å². The van der Waals surface area contributed by atoms with Gasteiger partial charge in [0, 0.05) is 0 Å². The molecule has 0 aliphatic carbocycles. The van der Waals surface area contributed by atoms with Crippen LogP contribution in [0.3, 0.4) is 0 Å². The normalized spacial score (nSPS) is 10.9. The van der Waals surface area contributed by atoms with Crippen LogP contribution >= 0.6 is 27.7 Å². The summed E-state index contributed by atoms with van der Waals surface area (Å²) in [6, 6.07) is 2.33. The van der Waals surface area contributed by atoms with Gasteiger partial charge in [0.15, 0.2) is 11.6 Å². The maximum absolute atomic E-state index is 13.5. The van der Waals surface area contributed by atoms with E-state index in [4.69, 9.17) is 0 Å². The van der Waals surface area contributed by atoms with E-state index in [1.54, 1.807) is 0 Å². The number of halogens is 3. The number of carbonyl (C=O) groups excluding carboxylic acids is 1. The summed E-state index contributed by atoms with van der Waals surface area (Å²) >= 11 is 4.29. The number of ketones is 1. The molecule has 0 amide bonds. The zero-order valence-electron chi connectivity index (χ0n) is 8.89. The molecule has 0 aromatic heterocycles. The van der Waals surface area contributed by atoms with Crippen molar-refractivity contribution in [2.24, 2.45) is 0 Å². The molecule has 5 heteroatoms. The summed E-state index contributed by atoms with van der Waals surface area (Å²) in [6.07, 6.45) is 0. The van der Waals surface area contributed by atoms with E-state index < -0.39 is 23.0 Å². The van der Waals surface area contributed by atoms with E-state index in [-0.39, 0.29) is 15.5 Å². The van der Waals surface area contributed by atoms with Crippen LogP contribution in [-0.2, 0) is 0 Å². The van der Waals surface area contributed by atoms with E-state index in [9.17, 15) is 13.6 Å². The first kappa shape index (κ1) is 13.6. The largest absolute Gasteiger partial charge is 0.293 e. The lowest BCUT2D eigenvalue weighted by molar-refractivity contribution is 0.101. The van der Waals surface area contributed by atoms with E-state index in [2.05, 4.69) is 15.9 Å². The van der Waals surface area contributed by atoms with Gasteiger partial charge in [0.1, 0.15) is 5.82 Å². The molecular weight excluding hydrogens is 298 g/mol. The lowest BCUT2D eigenvalue weighted by Crippen LogP contribution is -2.10. The average Bonchev–Trinajstić information content (AvgIpc) is 2.21. The molecule has 1 aromatic carbocycles. The van der Waals surface area contributed by atoms with Gasteiger partial charge in [-0.05, 0) is 33.3 Å². The van der Waals surface area contributed by atoms with Gasteiger partial charge in [-0.3, -0.25) is 4.79 Å². The summed E-state index contributed by atoms with van der Waals surface area (Å²) in [5, 5.41) is 0.252. The molecule has 88 valence electrons. The van der Waals surface area contributed by atoms with Crippen LogP contribution in [0.2, 0.25) is 0 Å². The molecule has 0 aliphatic heterocycles. The third kappa shape index (κ3) is 3.28. The Morgan fingerprint density at radius 3 is 2.62 bits per heavy atom. The van der Waals surface area contributed by atoms with Crippen molar-refractivity contribution in [3.8, 4) is 0 Å². The first-order chi connectivity index (χ1) is 7.43. The van der Waals surface area contributed by atoms with Crippen molar-refractivity contribution in [3.63, 3.8) is 0 Å². The molecule has 0 fully saturated rings. The summed E-state index contributed by atoms with van der Waals surface area (Å²) in [7, 11) is 0. The van der Waals surface area contributed by atoms with Crippen LogP contribution in [0.15, 0.2) is 16.6 Å². The van der Waals surface area contributed by atoms with Gasteiger partial charge in [0.2, 0.25) is 0 Å². The van der Waals surface area contributed by atoms with Crippen molar-refractivity contribution in [1.29, 1.82) is 0 Å². The SMILES string of the molecule is CC(C)SCC(=O)c1c(F)ccc(Br)c1F. The highest BCUT2D eigenvalue weighted by atomic mass is 79.9. The zero-order valence-corrected chi connectivity index (χ0v) is 11.3.